The fourth-order valence-corrected chi connectivity index (χ4v) is 2.75. The van der Waals surface area contributed by atoms with Crippen LogP contribution in [0.1, 0.15) is 0 Å². The van der Waals surface area contributed by atoms with Crippen LogP contribution in [-0.4, -0.2) is 0 Å². The highest BCUT2D eigenvalue weighted by Crippen LogP contribution is 2.37. The van der Waals surface area contributed by atoms with Crippen molar-refractivity contribution in [2.24, 2.45) is 0 Å². The topological polar surface area (TPSA) is 15.3 Å². The van der Waals surface area contributed by atoms with Gasteiger partial charge >= 0.3 is 0 Å². The number of hydrazine groups is 1. The number of halogens is 2. The molecule has 5 heteroatoms. The van der Waals surface area contributed by atoms with Crippen LogP contribution in [0.5, 0.6) is 0 Å². The van der Waals surface area contributed by atoms with E-state index in [1.807, 2.05) is 16.2 Å². The van der Waals surface area contributed by atoms with E-state index in [1.54, 1.807) is 11.9 Å². The van der Waals surface area contributed by atoms with Crippen molar-refractivity contribution in [3.63, 3.8) is 0 Å². The van der Waals surface area contributed by atoms with Gasteiger partial charge in [0.05, 0.1) is 26.7 Å². The SMILES string of the molecule is Brc1ccc2c(c1)SNN2Br. The molecule has 58 valence electrons. The molecule has 1 aliphatic rings. The Bertz CT molecular complexity index is 292. The van der Waals surface area contributed by atoms with Gasteiger partial charge in [0.1, 0.15) is 0 Å². The lowest BCUT2D eigenvalue weighted by atomic mass is 10.3. The first-order chi connectivity index (χ1) is 5.27. The second-order valence-corrected chi connectivity index (χ2v) is 4.54. The van der Waals surface area contributed by atoms with E-state index in [-0.39, 0.29) is 0 Å². The number of hydrogen-bond acceptors (Lipinski definition) is 3. The first-order valence-corrected chi connectivity index (χ1v) is 5.27. The van der Waals surface area contributed by atoms with Crippen molar-refractivity contribution in [2.45, 2.75) is 4.90 Å². The molecule has 0 atom stereocenters. The summed E-state index contributed by atoms with van der Waals surface area (Å²) in [5, 5.41) is 0. The van der Waals surface area contributed by atoms with Crippen LogP contribution in [0, 0.1) is 0 Å². The predicted octanol–water partition coefficient (Wildman–Crippen LogP) is 3.09. The van der Waals surface area contributed by atoms with Gasteiger partial charge in [0.15, 0.2) is 0 Å². The average molecular weight is 296 g/mol. The molecule has 0 spiro atoms. The van der Waals surface area contributed by atoms with Crippen molar-refractivity contribution in [3.05, 3.63) is 22.7 Å². The summed E-state index contributed by atoms with van der Waals surface area (Å²) in [6.45, 7) is 0. The predicted molar refractivity (Wildman–Crippen MR) is 54.5 cm³/mol. The van der Waals surface area contributed by atoms with Crippen LogP contribution in [0.15, 0.2) is 27.6 Å². The first kappa shape index (κ1) is 7.91. The number of benzene rings is 1. The van der Waals surface area contributed by atoms with E-state index in [0.29, 0.717) is 0 Å². The lowest BCUT2D eigenvalue weighted by molar-refractivity contribution is 1.14. The Hall–Kier alpha value is 0.290. The summed E-state index contributed by atoms with van der Waals surface area (Å²) < 4.78 is 2.92. The van der Waals surface area contributed by atoms with Gasteiger partial charge in [0.2, 0.25) is 0 Å². The Morgan fingerprint density at radius 1 is 1.45 bits per heavy atom. The Balaban J connectivity index is 2.50. The molecule has 11 heavy (non-hydrogen) atoms. The molecule has 1 aliphatic heterocycles. The summed E-state index contributed by atoms with van der Waals surface area (Å²) >= 11 is 8.35. The van der Waals surface area contributed by atoms with Crippen molar-refractivity contribution in [1.29, 1.82) is 0 Å². The third kappa shape index (κ3) is 1.42. The summed E-state index contributed by atoms with van der Waals surface area (Å²) in [6, 6.07) is 6.14. The lowest BCUT2D eigenvalue weighted by Crippen LogP contribution is -2.15. The third-order valence-corrected chi connectivity index (χ3v) is 3.48. The molecular formula is C6H4Br2N2S. The molecule has 1 aromatic rings. The van der Waals surface area contributed by atoms with Gasteiger partial charge in [-0.05, 0) is 30.1 Å². The van der Waals surface area contributed by atoms with Gasteiger partial charge in [-0.3, -0.25) is 0 Å². The van der Waals surface area contributed by atoms with Crippen LogP contribution in [0.2, 0.25) is 0 Å². The molecule has 1 N–H and O–H groups in total. The minimum Gasteiger partial charge on any atom is -0.230 e. The zero-order valence-electron chi connectivity index (χ0n) is 5.34. The monoisotopic (exact) mass is 294 g/mol. The number of fused-ring (bicyclic) bond motifs is 1. The van der Waals surface area contributed by atoms with Crippen molar-refractivity contribution in [3.8, 4) is 0 Å². The normalized spacial score (nSPS) is 15.3. The molecule has 0 fully saturated rings. The van der Waals surface area contributed by atoms with E-state index in [0.717, 1.165) is 10.2 Å². The second-order valence-electron chi connectivity index (χ2n) is 2.09. The number of nitrogens with one attached hydrogen (secondary N) is 1. The summed E-state index contributed by atoms with van der Waals surface area (Å²) in [5.74, 6) is 0. The molecule has 2 nitrogen and oxygen atoms in total. The highest BCUT2D eigenvalue weighted by atomic mass is 79.9. The number of hydrogen-bond donors (Lipinski definition) is 1. The Morgan fingerprint density at radius 2 is 2.27 bits per heavy atom. The van der Waals surface area contributed by atoms with Crippen molar-refractivity contribution < 1.29 is 0 Å². The minimum atomic E-state index is 1.10. The number of nitrogens with zero attached hydrogens (tertiary/aromatic N) is 1. The van der Waals surface area contributed by atoms with E-state index in [2.05, 4.69) is 43.0 Å². The standard InChI is InChI=1S/C6H4Br2N2S/c7-4-1-2-5-6(3-4)11-9-10(5)8/h1-3,9H. The largest absolute Gasteiger partial charge is 0.230 e. The molecule has 2 rings (SSSR count). The van der Waals surface area contributed by atoms with Crippen LogP contribution in [0.3, 0.4) is 0 Å². The Kier molecular flexibility index (Phi) is 2.14. The molecule has 1 aromatic carbocycles. The van der Waals surface area contributed by atoms with Crippen molar-refractivity contribution in [1.82, 2.24) is 4.83 Å². The molecule has 1 heterocycles. The van der Waals surface area contributed by atoms with Gasteiger partial charge in [-0.1, -0.05) is 15.9 Å². The third-order valence-electron chi connectivity index (χ3n) is 1.37. The zero-order valence-corrected chi connectivity index (χ0v) is 9.33. The summed E-state index contributed by atoms with van der Waals surface area (Å²) in [6.07, 6.45) is 0. The number of anilines is 1. The van der Waals surface area contributed by atoms with Gasteiger partial charge in [-0.15, -0.1) is 0 Å². The van der Waals surface area contributed by atoms with E-state index in [4.69, 9.17) is 0 Å². The average Bonchev–Trinajstić information content (AvgIpc) is 2.32. The van der Waals surface area contributed by atoms with Crippen LogP contribution in [-0.2, 0) is 0 Å². The fourth-order valence-electron chi connectivity index (χ4n) is 0.870. The van der Waals surface area contributed by atoms with E-state index in [1.165, 1.54) is 4.90 Å². The Labute approximate surface area is 85.9 Å². The maximum atomic E-state index is 3.41. The van der Waals surface area contributed by atoms with Gasteiger partial charge in [-0.25, -0.2) is 4.03 Å². The summed E-state index contributed by atoms with van der Waals surface area (Å²) in [7, 11) is 0. The quantitative estimate of drug-likeness (QED) is 0.585. The van der Waals surface area contributed by atoms with Crippen LogP contribution >= 0.6 is 44.0 Å². The van der Waals surface area contributed by atoms with E-state index < -0.39 is 0 Å². The van der Waals surface area contributed by atoms with Crippen LogP contribution < -0.4 is 8.87 Å². The molecule has 0 amide bonds. The van der Waals surface area contributed by atoms with Crippen molar-refractivity contribution in [2.75, 3.05) is 4.03 Å². The highest BCUT2D eigenvalue weighted by Gasteiger charge is 2.16. The molecule has 0 aliphatic carbocycles. The lowest BCUT2D eigenvalue weighted by Gasteiger charge is -2.05. The molecule has 0 radical (unpaired) electrons. The molecule has 0 saturated heterocycles. The molecule has 0 saturated carbocycles. The summed E-state index contributed by atoms with van der Waals surface area (Å²) in [4.78, 5) is 4.28. The fraction of sp³-hybridized carbons (Fsp3) is 0. The second kappa shape index (κ2) is 2.97. The zero-order chi connectivity index (χ0) is 7.84. The molecule has 0 unspecified atom stereocenters. The maximum absolute atomic E-state index is 3.41. The maximum Gasteiger partial charge on any atom is 0.0808 e. The first-order valence-electron chi connectivity index (χ1n) is 2.95. The van der Waals surface area contributed by atoms with Gasteiger partial charge in [-0.2, -0.15) is 4.83 Å². The van der Waals surface area contributed by atoms with Crippen LogP contribution in [0.4, 0.5) is 5.69 Å². The Morgan fingerprint density at radius 3 is 3.09 bits per heavy atom. The minimum absolute atomic E-state index is 1.10. The van der Waals surface area contributed by atoms with Gasteiger partial charge in [0.25, 0.3) is 0 Å². The molecule has 0 aromatic heterocycles. The number of rotatable bonds is 0. The van der Waals surface area contributed by atoms with Crippen molar-refractivity contribution >= 4 is 49.7 Å². The molecule has 0 bridgehead atoms. The highest BCUT2D eigenvalue weighted by molar-refractivity contribution is 9.10. The van der Waals surface area contributed by atoms with Gasteiger partial charge < -0.3 is 0 Å². The van der Waals surface area contributed by atoms with Crippen LogP contribution in [0.25, 0.3) is 0 Å². The van der Waals surface area contributed by atoms with E-state index in [9.17, 15) is 0 Å². The molecular weight excluding hydrogens is 292 g/mol. The van der Waals surface area contributed by atoms with E-state index >= 15 is 0 Å². The smallest absolute Gasteiger partial charge is 0.0808 e. The summed E-state index contributed by atoms with van der Waals surface area (Å²) in [5.41, 5.74) is 1.15. The van der Waals surface area contributed by atoms with Gasteiger partial charge in [0, 0.05) is 4.47 Å².